The van der Waals surface area contributed by atoms with E-state index in [1.54, 1.807) is 0 Å². The quantitative estimate of drug-likeness (QED) is 0.605. The second-order valence-electron chi connectivity index (χ2n) is 5.45. The summed E-state index contributed by atoms with van der Waals surface area (Å²) in [5, 5.41) is 22.9. The standard InChI is InChI=1S/C13H18N4O4/c1-16(2)13(6-3-7-13)8-14-11-10(17(20)21)5-4-9(15-11)12(18)19/h4-5H,3,6-8H2,1-2H3,(H,14,15)(H,18,19). The lowest BCUT2D eigenvalue weighted by Gasteiger charge is -2.47. The number of carbonyl (C=O) groups is 1. The second kappa shape index (κ2) is 5.65. The highest BCUT2D eigenvalue weighted by Gasteiger charge is 2.39. The summed E-state index contributed by atoms with van der Waals surface area (Å²) in [6.45, 7) is 0.497. The van der Waals surface area contributed by atoms with E-state index in [1.165, 1.54) is 6.07 Å². The fourth-order valence-corrected chi connectivity index (χ4v) is 2.46. The fraction of sp³-hybridized carbons (Fsp3) is 0.538. The van der Waals surface area contributed by atoms with E-state index in [0.29, 0.717) is 6.54 Å². The molecule has 0 spiro atoms. The molecule has 21 heavy (non-hydrogen) atoms. The Morgan fingerprint density at radius 1 is 1.52 bits per heavy atom. The molecule has 0 unspecified atom stereocenters. The van der Waals surface area contributed by atoms with Crippen molar-refractivity contribution in [2.75, 3.05) is 26.0 Å². The number of anilines is 1. The molecule has 1 saturated carbocycles. The third-order valence-corrected chi connectivity index (χ3v) is 4.11. The van der Waals surface area contributed by atoms with Gasteiger partial charge in [-0.05, 0) is 39.4 Å². The average Bonchev–Trinajstić information content (AvgIpc) is 2.36. The highest BCUT2D eigenvalue weighted by molar-refractivity contribution is 5.86. The number of nitro groups is 1. The van der Waals surface area contributed by atoms with E-state index in [0.717, 1.165) is 25.3 Å². The maximum absolute atomic E-state index is 11.0. The van der Waals surface area contributed by atoms with Crippen LogP contribution in [0, 0.1) is 10.1 Å². The van der Waals surface area contributed by atoms with Crippen LogP contribution in [0.25, 0.3) is 0 Å². The first-order valence-corrected chi connectivity index (χ1v) is 6.66. The number of aromatic nitrogens is 1. The van der Waals surface area contributed by atoms with Gasteiger partial charge in [-0.1, -0.05) is 0 Å². The molecule has 1 aromatic heterocycles. The van der Waals surface area contributed by atoms with Gasteiger partial charge in [-0.25, -0.2) is 9.78 Å². The molecule has 2 N–H and O–H groups in total. The van der Waals surface area contributed by atoms with Crippen molar-refractivity contribution < 1.29 is 14.8 Å². The van der Waals surface area contributed by atoms with Crippen LogP contribution in [0.15, 0.2) is 12.1 Å². The summed E-state index contributed by atoms with van der Waals surface area (Å²) < 4.78 is 0. The second-order valence-corrected chi connectivity index (χ2v) is 5.45. The zero-order valence-electron chi connectivity index (χ0n) is 12.0. The lowest BCUT2D eigenvalue weighted by Crippen LogP contribution is -2.54. The number of nitrogens with zero attached hydrogens (tertiary/aromatic N) is 3. The molecular weight excluding hydrogens is 276 g/mol. The first-order valence-electron chi connectivity index (χ1n) is 6.66. The molecule has 1 heterocycles. The molecule has 8 heteroatoms. The highest BCUT2D eigenvalue weighted by atomic mass is 16.6. The van der Waals surface area contributed by atoms with Crippen molar-refractivity contribution in [3.63, 3.8) is 0 Å². The van der Waals surface area contributed by atoms with Crippen molar-refractivity contribution in [1.82, 2.24) is 9.88 Å². The molecule has 1 aliphatic carbocycles. The Hall–Kier alpha value is -2.22. The number of hydrogen-bond acceptors (Lipinski definition) is 6. The Bertz CT molecular complexity index is 569. The first kappa shape index (κ1) is 15.2. The summed E-state index contributed by atoms with van der Waals surface area (Å²) in [6, 6.07) is 2.30. The lowest BCUT2D eigenvalue weighted by atomic mass is 9.75. The third-order valence-electron chi connectivity index (χ3n) is 4.11. The van der Waals surface area contributed by atoms with E-state index in [2.05, 4.69) is 15.2 Å². The molecule has 0 atom stereocenters. The zero-order chi connectivity index (χ0) is 15.6. The number of nitrogens with one attached hydrogen (secondary N) is 1. The Labute approximate surface area is 121 Å². The van der Waals surface area contributed by atoms with Gasteiger partial charge in [0.05, 0.1) is 4.92 Å². The molecule has 8 nitrogen and oxygen atoms in total. The summed E-state index contributed by atoms with van der Waals surface area (Å²) in [7, 11) is 3.94. The van der Waals surface area contributed by atoms with Crippen LogP contribution in [0.3, 0.4) is 0 Å². The van der Waals surface area contributed by atoms with E-state index in [9.17, 15) is 14.9 Å². The fourth-order valence-electron chi connectivity index (χ4n) is 2.46. The summed E-state index contributed by atoms with van der Waals surface area (Å²) >= 11 is 0. The Balaban J connectivity index is 2.23. The molecule has 2 rings (SSSR count). The van der Waals surface area contributed by atoms with Crippen LogP contribution in [0.5, 0.6) is 0 Å². The van der Waals surface area contributed by atoms with E-state index in [4.69, 9.17) is 5.11 Å². The van der Waals surface area contributed by atoms with Crippen LogP contribution in [0.2, 0.25) is 0 Å². The molecule has 1 fully saturated rings. The summed E-state index contributed by atoms with van der Waals surface area (Å²) in [5.74, 6) is -1.20. The SMILES string of the molecule is CN(C)C1(CNc2nc(C(=O)O)ccc2[N+](=O)[O-])CCC1. The molecule has 0 radical (unpaired) electrons. The van der Waals surface area contributed by atoms with Crippen LogP contribution in [0.4, 0.5) is 11.5 Å². The number of rotatable bonds is 6. The van der Waals surface area contributed by atoms with Crippen LogP contribution in [-0.4, -0.2) is 52.1 Å². The normalized spacial score (nSPS) is 16.3. The Morgan fingerprint density at radius 2 is 2.19 bits per heavy atom. The number of aromatic carboxylic acids is 1. The molecule has 0 aliphatic heterocycles. The maximum atomic E-state index is 11.0. The number of hydrogen-bond donors (Lipinski definition) is 2. The molecule has 0 saturated heterocycles. The van der Waals surface area contributed by atoms with Gasteiger partial charge in [0.15, 0.2) is 5.69 Å². The largest absolute Gasteiger partial charge is 0.477 e. The monoisotopic (exact) mass is 294 g/mol. The van der Waals surface area contributed by atoms with Crippen molar-refractivity contribution in [1.29, 1.82) is 0 Å². The number of carboxylic acids is 1. The van der Waals surface area contributed by atoms with E-state index in [1.807, 2.05) is 14.1 Å². The van der Waals surface area contributed by atoms with E-state index in [-0.39, 0.29) is 22.7 Å². The molecular formula is C13H18N4O4. The average molecular weight is 294 g/mol. The zero-order valence-corrected chi connectivity index (χ0v) is 12.0. The van der Waals surface area contributed by atoms with Gasteiger partial charge < -0.3 is 15.3 Å². The lowest BCUT2D eigenvalue weighted by molar-refractivity contribution is -0.384. The van der Waals surface area contributed by atoms with Crippen LogP contribution in [0.1, 0.15) is 29.8 Å². The van der Waals surface area contributed by atoms with Gasteiger partial charge in [0.1, 0.15) is 0 Å². The molecule has 114 valence electrons. The van der Waals surface area contributed by atoms with Crippen LogP contribution in [-0.2, 0) is 0 Å². The number of likely N-dealkylation sites (N-methyl/N-ethyl adjacent to an activating group) is 1. The number of carboxylic acid groups (broad SMARTS) is 1. The number of pyridine rings is 1. The minimum absolute atomic E-state index is 0.00743. The maximum Gasteiger partial charge on any atom is 0.354 e. The van der Waals surface area contributed by atoms with Gasteiger partial charge >= 0.3 is 11.7 Å². The van der Waals surface area contributed by atoms with Crippen LogP contribution >= 0.6 is 0 Å². The Kier molecular flexibility index (Phi) is 4.08. The van der Waals surface area contributed by atoms with Crippen molar-refractivity contribution in [2.45, 2.75) is 24.8 Å². The molecule has 0 aromatic carbocycles. The molecule has 1 aromatic rings. The van der Waals surface area contributed by atoms with E-state index < -0.39 is 10.9 Å². The summed E-state index contributed by atoms with van der Waals surface area (Å²) in [6.07, 6.45) is 3.11. The van der Waals surface area contributed by atoms with Crippen LogP contribution < -0.4 is 5.32 Å². The van der Waals surface area contributed by atoms with Gasteiger partial charge in [0.25, 0.3) is 0 Å². The third kappa shape index (κ3) is 2.94. The smallest absolute Gasteiger partial charge is 0.354 e. The predicted octanol–water partition coefficient (Wildman–Crippen LogP) is 1.58. The summed E-state index contributed by atoms with van der Waals surface area (Å²) in [4.78, 5) is 27.3. The molecule has 0 amide bonds. The van der Waals surface area contributed by atoms with Crippen molar-refractivity contribution in [3.05, 3.63) is 27.9 Å². The van der Waals surface area contributed by atoms with Crippen molar-refractivity contribution in [2.24, 2.45) is 0 Å². The van der Waals surface area contributed by atoms with Crippen molar-refractivity contribution in [3.8, 4) is 0 Å². The minimum Gasteiger partial charge on any atom is -0.477 e. The molecule has 1 aliphatic rings. The predicted molar refractivity (Wildman–Crippen MR) is 76.6 cm³/mol. The summed E-state index contributed by atoms with van der Waals surface area (Å²) in [5.41, 5.74) is -0.474. The van der Waals surface area contributed by atoms with Crippen molar-refractivity contribution >= 4 is 17.5 Å². The van der Waals surface area contributed by atoms with Gasteiger partial charge in [0.2, 0.25) is 5.82 Å². The highest BCUT2D eigenvalue weighted by Crippen LogP contribution is 2.36. The van der Waals surface area contributed by atoms with Gasteiger partial charge in [-0.2, -0.15) is 0 Å². The van der Waals surface area contributed by atoms with Gasteiger partial charge in [-0.15, -0.1) is 0 Å². The van der Waals surface area contributed by atoms with E-state index >= 15 is 0 Å². The van der Waals surface area contributed by atoms with Gasteiger partial charge in [0, 0.05) is 18.2 Å². The topological polar surface area (TPSA) is 109 Å². The Morgan fingerprint density at radius 3 is 2.62 bits per heavy atom. The molecule has 0 bridgehead atoms. The first-order chi connectivity index (χ1) is 9.85. The van der Waals surface area contributed by atoms with Gasteiger partial charge in [-0.3, -0.25) is 10.1 Å². The minimum atomic E-state index is -1.21.